The van der Waals surface area contributed by atoms with E-state index in [1.807, 2.05) is 12.1 Å². The predicted octanol–water partition coefficient (Wildman–Crippen LogP) is 10.4. The fourth-order valence-electron chi connectivity index (χ4n) is 6.61. The van der Waals surface area contributed by atoms with E-state index in [2.05, 4.69) is 49.5 Å². The zero-order valence-corrected chi connectivity index (χ0v) is 26.9. The molecule has 1 amide bonds. The Labute approximate surface area is 257 Å². The van der Waals surface area contributed by atoms with Gasteiger partial charge in [-0.15, -0.1) is 0 Å². The average Bonchev–Trinajstić information content (AvgIpc) is 3.02. The van der Waals surface area contributed by atoms with E-state index in [4.69, 9.17) is 9.47 Å². The molecule has 1 aliphatic carbocycles. The van der Waals surface area contributed by atoms with Crippen LogP contribution in [0.5, 0.6) is 5.75 Å². The molecule has 6 heteroatoms. The van der Waals surface area contributed by atoms with Crippen molar-refractivity contribution in [2.45, 2.75) is 139 Å². The molecule has 5 nitrogen and oxygen atoms in total. The largest absolute Gasteiger partial charge is 0.611 e. The van der Waals surface area contributed by atoms with Gasteiger partial charge in [0.05, 0.1) is 12.3 Å². The number of anilines is 1. The molecule has 1 aliphatic heterocycles. The molecule has 1 fully saturated rings. The minimum atomic E-state index is -0.983. The number of benzene rings is 2. The van der Waals surface area contributed by atoms with Gasteiger partial charge in [0, 0.05) is 5.56 Å². The zero-order valence-electron chi connectivity index (χ0n) is 26.1. The number of hydrogen-bond acceptors (Lipinski definition) is 4. The van der Waals surface area contributed by atoms with Crippen LogP contribution in [0.25, 0.3) is 0 Å². The van der Waals surface area contributed by atoms with Gasteiger partial charge in [0.25, 0.3) is 0 Å². The van der Waals surface area contributed by atoms with Gasteiger partial charge in [0.15, 0.2) is 4.90 Å². The van der Waals surface area contributed by atoms with Gasteiger partial charge in [0.1, 0.15) is 17.1 Å². The Bertz CT molecular complexity index is 1070. The van der Waals surface area contributed by atoms with Crippen molar-refractivity contribution in [1.29, 1.82) is 0 Å². The SMILES string of the molecule is CCCCCCC1(CCCCCC)OC(=O)Nc2ccc(OCCCC[S+]([O-])c3ccc(C4CCCCC4)cc3)cc21. The lowest BCUT2D eigenvalue weighted by Crippen LogP contribution is -2.39. The maximum Gasteiger partial charge on any atom is 0.412 e. The highest BCUT2D eigenvalue weighted by molar-refractivity contribution is 7.91. The fraction of sp³-hybridized carbons (Fsp3) is 0.639. The maximum atomic E-state index is 12.9. The summed E-state index contributed by atoms with van der Waals surface area (Å²) in [6.07, 6.45) is 18.8. The summed E-state index contributed by atoms with van der Waals surface area (Å²) < 4.78 is 25.2. The molecule has 4 rings (SSSR count). The number of amides is 1. The van der Waals surface area contributed by atoms with Crippen molar-refractivity contribution in [2.24, 2.45) is 0 Å². The summed E-state index contributed by atoms with van der Waals surface area (Å²) in [5.74, 6) is 2.13. The van der Waals surface area contributed by atoms with E-state index in [1.165, 1.54) is 63.4 Å². The first kappa shape index (κ1) is 32.7. The van der Waals surface area contributed by atoms with Gasteiger partial charge in [0.2, 0.25) is 0 Å². The van der Waals surface area contributed by atoms with Crippen LogP contribution in [0.3, 0.4) is 0 Å². The summed E-state index contributed by atoms with van der Waals surface area (Å²) in [5.41, 5.74) is 2.70. The average molecular weight is 596 g/mol. The van der Waals surface area contributed by atoms with Gasteiger partial charge in [-0.25, -0.2) is 4.79 Å². The first-order valence-corrected chi connectivity index (χ1v) is 18.1. The van der Waals surface area contributed by atoms with Crippen LogP contribution < -0.4 is 10.1 Å². The van der Waals surface area contributed by atoms with Crippen molar-refractivity contribution in [1.82, 2.24) is 0 Å². The van der Waals surface area contributed by atoms with Crippen LogP contribution in [-0.2, 0) is 21.5 Å². The Morgan fingerprint density at radius 2 is 1.57 bits per heavy atom. The van der Waals surface area contributed by atoms with Crippen molar-refractivity contribution in [3.63, 3.8) is 0 Å². The molecule has 0 radical (unpaired) electrons. The Hall–Kier alpha value is -2.18. The molecule has 2 aromatic rings. The number of rotatable bonds is 18. The van der Waals surface area contributed by atoms with Crippen molar-refractivity contribution >= 4 is 23.0 Å². The van der Waals surface area contributed by atoms with E-state index < -0.39 is 16.8 Å². The lowest BCUT2D eigenvalue weighted by Gasteiger charge is -2.39. The minimum absolute atomic E-state index is 0.348. The quantitative estimate of drug-likeness (QED) is 0.137. The van der Waals surface area contributed by atoms with Crippen LogP contribution in [-0.4, -0.2) is 23.0 Å². The van der Waals surface area contributed by atoms with Crippen LogP contribution in [0, 0.1) is 0 Å². The molecule has 0 aromatic heterocycles. The van der Waals surface area contributed by atoms with Crippen molar-refractivity contribution in [2.75, 3.05) is 17.7 Å². The second-order valence-electron chi connectivity index (χ2n) is 12.3. The van der Waals surface area contributed by atoms with E-state index >= 15 is 0 Å². The molecule has 0 bridgehead atoms. The highest BCUT2D eigenvalue weighted by Crippen LogP contribution is 2.45. The Morgan fingerprint density at radius 1 is 0.881 bits per heavy atom. The smallest absolute Gasteiger partial charge is 0.412 e. The third-order valence-electron chi connectivity index (χ3n) is 9.09. The van der Waals surface area contributed by atoms with Crippen molar-refractivity contribution in [3.05, 3.63) is 53.6 Å². The lowest BCUT2D eigenvalue weighted by atomic mass is 9.81. The summed E-state index contributed by atoms with van der Waals surface area (Å²) >= 11 is -0.983. The number of nitrogens with one attached hydrogen (secondary N) is 1. The Kier molecular flexibility index (Phi) is 13.4. The third kappa shape index (κ3) is 9.41. The van der Waals surface area contributed by atoms with Gasteiger partial charge in [-0.3, -0.25) is 5.32 Å². The zero-order chi connectivity index (χ0) is 29.6. The van der Waals surface area contributed by atoms with Crippen LogP contribution in [0.15, 0.2) is 47.4 Å². The molecule has 0 spiro atoms. The summed E-state index contributed by atoms with van der Waals surface area (Å²) in [7, 11) is 0. The number of fused-ring (bicyclic) bond motifs is 1. The molecule has 2 aliphatic rings. The monoisotopic (exact) mass is 595 g/mol. The molecule has 1 saturated carbocycles. The summed E-state index contributed by atoms with van der Waals surface area (Å²) in [5, 5.41) is 2.92. The third-order valence-corrected chi connectivity index (χ3v) is 10.5. The number of ether oxygens (including phenoxy) is 2. The summed E-state index contributed by atoms with van der Waals surface area (Å²) in [4.78, 5) is 13.5. The van der Waals surface area contributed by atoms with Gasteiger partial charge in [-0.1, -0.05) is 83.8 Å². The van der Waals surface area contributed by atoms with Gasteiger partial charge >= 0.3 is 6.09 Å². The molecular weight excluding hydrogens is 542 g/mol. The molecule has 1 atom stereocenters. The van der Waals surface area contributed by atoms with E-state index in [0.29, 0.717) is 18.3 Å². The number of cyclic esters (lactones) is 1. The number of carbonyl (C=O) groups is 1. The molecule has 1 unspecified atom stereocenters. The normalized spacial score (nSPS) is 17.3. The fourth-order valence-corrected chi connectivity index (χ4v) is 7.75. The van der Waals surface area contributed by atoms with Crippen molar-refractivity contribution < 1.29 is 18.8 Å². The van der Waals surface area contributed by atoms with Crippen LogP contribution in [0.2, 0.25) is 0 Å². The Balaban J connectivity index is 1.30. The maximum absolute atomic E-state index is 12.9. The molecule has 232 valence electrons. The molecule has 42 heavy (non-hydrogen) atoms. The van der Waals surface area contributed by atoms with E-state index in [9.17, 15) is 9.35 Å². The van der Waals surface area contributed by atoms with Crippen LogP contribution in [0.1, 0.15) is 140 Å². The molecular formula is C36H53NO4S. The highest BCUT2D eigenvalue weighted by Gasteiger charge is 2.41. The molecule has 2 aromatic carbocycles. The molecule has 0 saturated heterocycles. The van der Waals surface area contributed by atoms with Gasteiger partial charge < -0.3 is 14.0 Å². The highest BCUT2D eigenvalue weighted by atomic mass is 32.2. The first-order valence-electron chi connectivity index (χ1n) is 16.8. The van der Waals surface area contributed by atoms with E-state index in [-0.39, 0.29) is 6.09 Å². The Morgan fingerprint density at radius 3 is 2.24 bits per heavy atom. The van der Waals surface area contributed by atoms with E-state index in [0.717, 1.165) is 73.3 Å². The standard InChI is InChI=1S/C36H53NO4S/c1-3-5-7-12-24-36(25-13-8-6-4-2)33-28-31(20-23-34(33)37-35(38)41-36)40-26-14-15-27-42(39)32-21-18-30(19-22-32)29-16-10-9-11-17-29/h18-23,28-29H,3-17,24-27H2,1-2H3,(H,37,38). The summed E-state index contributed by atoms with van der Waals surface area (Å²) in [6.45, 7) is 5.01. The van der Waals surface area contributed by atoms with Gasteiger partial charge in [-0.2, -0.15) is 0 Å². The second kappa shape index (κ2) is 17.2. The second-order valence-corrected chi connectivity index (χ2v) is 13.9. The first-order chi connectivity index (χ1) is 20.5. The number of carbonyl (C=O) groups excluding carboxylic acids is 1. The topological polar surface area (TPSA) is 70.6 Å². The van der Waals surface area contributed by atoms with E-state index in [1.54, 1.807) is 0 Å². The van der Waals surface area contributed by atoms with Gasteiger partial charge in [-0.05, 0) is 104 Å². The van der Waals surface area contributed by atoms with Crippen LogP contribution in [0.4, 0.5) is 10.5 Å². The molecule has 1 N–H and O–H groups in total. The minimum Gasteiger partial charge on any atom is -0.611 e. The van der Waals surface area contributed by atoms with Crippen LogP contribution >= 0.6 is 0 Å². The number of unbranched alkanes of at least 4 members (excludes halogenated alkanes) is 7. The van der Waals surface area contributed by atoms with Crippen molar-refractivity contribution in [3.8, 4) is 5.75 Å². The number of hydrogen-bond donors (Lipinski definition) is 1. The molecule has 1 heterocycles. The predicted molar refractivity (Wildman–Crippen MR) is 174 cm³/mol. The lowest BCUT2D eigenvalue weighted by molar-refractivity contribution is -0.00703. The summed E-state index contributed by atoms with van der Waals surface area (Å²) in [6, 6.07) is 14.5.